The van der Waals surface area contributed by atoms with Gasteiger partial charge in [-0.05, 0) is 101 Å². The van der Waals surface area contributed by atoms with E-state index in [0.717, 1.165) is 105 Å². The maximum Gasteiger partial charge on any atom is 0.0998 e. The predicted octanol–water partition coefficient (Wildman–Crippen LogP) is 15.7. The van der Waals surface area contributed by atoms with Crippen molar-refractivity contribution in [3.05, 3.63) is 236 Å². The van der Waals surface area contributed by atoms with Gasteiger partial charge in [-0.15, -0.1) is 0 Å². The van der Waals surface area contributed by atoms with E-state index in [2.05, 4.69) is 232 Å². The minimum Gasteiger partial charge on any atom is -0.309 e. The average Bonchev–Trinajstić information content (AvgIpc) is 4.04. The molecular formula is C62H37N5. The molecule has 13 aromatic rings. The normalized spacial score (nSPS) is 11.6. The molecule has 0 unspecified atom stereocenters. The van der Waals surface area contributed by atoms with Crippen LogP contribution in [0.3, 0.4) is 0 Å². The fourth-order valence-electron chi connectivity index (χ4n) is 10.6. The highest BCUT2D eigenvalue weighted by atomic mass is 15.0. The van der Waals surface area contributed by atoms with Gasteiger partial charge in [0.2, 0.25) is 0 Å². The zero-order valence-electron chi connectivity index (χ0n) is 36.1. The van der Waals surface area contributed by atoms with Crippen LogP contribution in [0.25, 0.3) is 116 Å². The summed E-state index contributed by atoms with van der Waals surface area (Å²) in [5.74, 6) is 0. The summed E-state index contributed by atoms with van der Waals surface area (Å²) in [7, 11) is 0. The Morgan fingerprint density at radius 2 is 0.836 bits per heavy atom. The number of nitriles is 2. The van der Waals surface area contributed by atoms with Gasteiger partial charge in [-0.25, -0.2) is 0 Å². The first-order chi connectivity index (χ1) is 33.2. The van der Waals surface area contributed by atoms with E-state index < -0.39 is 0 Å². The van der Waals surface area contributed by atoms with Crippen LogP contribution >= 0.6 is 0 Å². The highest BCUT2D eigenvalue weighted by molar-refractivity contribution is 6.27. The third-order valence-corrected chi connectivity index (χ3v) is 13.5. The van der Waals surface area contributed by atoms with Crippen molar-refractivity contribution in [2.24, 2.45) is 0 Å². The maximum atomic E-state index is 10.5. The van der Waals surface area contributed by atoms with Crippen LogP contribution in [0, 0.1) is 22.7 Å². The minimum absolute atomic E-state index is 0.452. The zero-order valence-corrected chi connectivity index (χ0v) is 36.1. The third kappa shape index (κ3) is 5.79. The molecule has 0 saturated carbocycles. The second kappa shape index (κ2) is 15.1. The zero-order chi connectivity index (χ0) is 44.6. The number of para-hydroxylation sites is 4. The van der Waals surface area contributed by atoms with Crippen LogP contribution in [-0.2, 0) is 0 Å². The van der Waals surface area contributed by atoms with Gasteiger partial charge in [0.25, 0.3) is 0 Å². The number of hydrogen-bond acceptors (Lipinski definition) is 2. The maximum absolute atomic E-state index is 10.5. The summed E-state index contributed by atoms with van der Waals surface area (Å²) < 4.78 is 7.31. The lowest BCUT2D eigenvalue weighted by atomic mass is 9.89. The standard InChI is InChI=1S/C62H37N5/c63-38-40-28-30-47(44(34-40)39-64)43-35-52(41-16-4-1-5-17-41)61(53(36-43)42-18-6-2-7-19-42)67-58-32-29-46(66-55-25-13-10-22-48(55)49-23-11-14-26-56(49)66)37-54(58)50-31-33-59-60(62(50)67)51-24-12-15-27-57(51)65(59)45-20-8-3-9-21-45/h1-37H. The molecule has 0 bridgehead atoms. The van der Waals surface area contributed by atoms with Crippen molar-refractivity contribution in [1.29, 1.82) is 10.5 Å². The van der Waals surface area contributed by atoms with E-state index in [4.69, 9.17) is 0 Å². The van der Waals surface area contributed by atoms with Crippen molar-refractivity contribution in [2.75, 3.05) is 0 Å². The Balaban J connectivity index is 1.23. The molecule has 0 aliphatic carbocycles. The number of hydrogen-bond donors (Lipinski definition) is 0. The van der Waals surface area contributed by atoms with E-state index in [0.29, 0.717) is 11.1 Å². The fourth-order valence-corrected chi connectivity index (χ4v) is 10.6. The van der Waals surface area contributed by atoms with E-state index in [-0.39, 0.29) is 0 Å². The van der Waals surface area contributed by atoms with Crippen molar-refractivity contribution in [3.8, 4) is 62.6 Å². The first kappa shape index (κ1) is 38.1. The Labute approximate surface area is 386 Å². The van der Waals surface area contributed by atoms with Gasteiger partial charge in [-0.3, -0.25) is 0 Å². The molecule has 0 fully saturated rings. The molecule has 3 heterocycles. The second-order valence-corrected chi connectivity index (χ2v) is 17.1. The monoisotopic (exact) mass is 851 g/mol. The summed E-state index contributed by atoms with van der Waals surface area (Å²) in [6.45, 7) is 0. The Bertz CT molecular complexity index is 4100. The van der Waals surface area contributed by atoms with E-state index in [9.17, 15) is 10.5 Å². The van der Waals surface area contributed by atoms with Gasteiger partial charge in [-0.2, -0.15) is 10.5 Å². The molecule has 0 aliphatic rings. The van der Waals surface area contributed by atoms with Crippen molar-refractivity contribution < 1.29 is 0 Å². The lowest BCUT2D eigenvalue weighted by molar-refractivity contribution is 1.17. The van der Waals surface area contributed by atoms with E-state index in [1.165, 1.54) is 10.8 Å². The lowest BCUT2D eigenvalue weighted by Crippen LogP contribution is -2.03. The van der Waals surface area contributed by atoms with Gasteiger partial charge in [0, 0.05) is 54.8 Å². The van der Waals surface area contributed by atoms with Crippen LogP contribution in [-0.4, -0.2) is 13.7 Å². The van der Waals surface area contributed by atoms with Gasteiger partial charge >= 0.3 is 0 Å². The number of aromatic nitrogens is 3. The summed E-state index contributed by atoms with van der Waals surface area (Å²) in [5, 5.41) is 27.4. The molecule has 5 nitrogen and oxygen atoms in total. The number of rotatable bonds is 6. The summed E-state index contributed by atoms with van der Waals surface area (Å²) in [6.07, 6.45) is 0. The molecule has 310 valence electrons. The molecule has 3 aromatic heterocycles. The van der Waals surface area contributed by atoms with E-state index in [1.807, 2.05) is 6.07 Å². The topological polar surface area (TPSA) is 62.4 Å². The Morgan fingerprint density at radius 1 is 0.313 bits per heavy atom. The van der Waals surface area contributed by atoms with Crippen molar-refractivity contribution in [1.82, 2.24) is 13.7 Å². The van der Waals surface area contributed by atoms with E-state index in [1.54, 1.807) is 12.1 Å². The van der Waals surface area contributed by atoms with Gasteiger partial charge in [-0.1, -0.05) is 146 Å². The summed E-state index contributed by atoms with van der Waals surface area (Å²) in [5.41, 5.74) is 16.6. The summed E-state index contributed by atoms with van der Waals surface area (Å²) in [4.78, 5) is 0. The van der Waals surface area contributed by atoms with Gasteiger partial charge in [0.15, 0.2) is 0 Å². The SMILES string of the molecule is N#Cc1ccc(-c2cc(-c3ccccc3)c(-n3c4ccc(-n5c6ccccc6c6ccccc65)cc4c4ccc5c(c6ccccc6n5-c5ccccc5)c43)c(-c3ccccc3)c2)c(C#N)c1. The molecule has 0 aliphatic heterocycles. The van der Waals surface area contributed by atoms with Crippen molar-refractivity contribution >= 4 is 65.4 Å². The van der Waals surface area contributed by atoms with Gasteiger partial charge < -0.3 is 13.7 Å². The highest BCUT2D eigenvalue weighted by Crippen LogP contribution is 2.48. The molecule has 10 aromatic carbocycles. The number of nitrogens with zero attached hydrogens (tertiary/aromatic N) is 5. The van der Waals surface area contributed by atoms with Crippen molar-refractivity contribution in [3.63, 3.8) is 0 Å². The Kier molecular flexibility index (Phi) is 8.58. The molecule has 0 amide bonds. The van der Waals surface area contributed by atoms with Gasteiger partial charge in [0.05, 0.1) is 62.1 Å². The smallest absolute Gasteiger partial charge is 0.0998 e. The lowest BCUT2D eigenvalue weighted by Gasteiger charge is -2.22. The number of fused-ring (bicyclic) bond motifs is 10. The number of benzene rings is 10. The van der Waals surface area contributed by atoms with Crippen LogP contribution in [0.4, 0.5) is 0 Å². The molecule has 0 radical (unpaired) electrons. The van der Waals surface area contributed by atoms with Crippen LogP contribution in [0.2, 0.25) is 0 Å². The molecule has 5 heteroatoms. The van der Waals surface area contributed by atoms with Crippen LogP contribution in [0.1, 0.15) is 11.1 Å². The Hall–Kier alpha value is -9.42. The van der Waals surface area contributed by atoms with Crippen LogP contribution in [0.15, 0.2) is 224 Å². The average molecular weight is 852 g/mol. The predicted molar refractivity (Wildman–Crippen MR) is 275 cm³/mol. The molecular weight excluding hydrogens is 815 g/mol. The van der Waals surface area contributed by atoms with Crippen LogP contribution < -0.4 is 0 Å². The van der Waals surface area contributed by atoms with Gasteiger partial charge in [0.1, 0.15) is 0 Å². The largest absolute Gasteiger partial charge is 0.309 e. The third-order valence-electron chi connectivity index (χ3n) is 13.5. The molecule has 0 saturated heterocycles. The first-order valence-electron chi connectivity index (χ1n) is 22.5. The Morgan fingerprint density at radius 3 is 1.45 bits per heavy atom. The van der Waals surface area contributed by atoms with Crippen LogP contribution in [0.5, 0.6) is 0 Å². The highest BCUT2D eigenvalue weighted by Gasteiger charge is 2.26. The molecule has 0 atom stereocenters. The van der Waals surface area contributed by atoms with Crippen molar-refractivity contribution in [2.45, 2.75) is 0 Å². The molecule has 0 N–H and O–H groups in total. The second-order valence-electron chi connectivity index (χ2n) is 17.1. The minimum atomic E-state index is 0.452. The molecule has 67 heavy (non-hydrogen) atoms. The summed E-state index contributed by atoms with van der Waals surface area (Å²) >= 11 is 0. The molecule has 13 rings (SSSR count). The first-order valence-corrected chi connectivity index (χ1v) is 22.5. The quantitative estimate of drug-likeness (QED) is 0.167. The fraction of sp³-hybridized carbons (Fsp3) is 0. The summed E-state index contributed by atoms with van der Waals surface area (Å²) in [6, 6.07) is 84.0. The van der Waals surface area contributed by atoms with E-state index >= 15 is 0 Å². The molecule has 0 spiro atoms.